The number of benzene rings is 4. The van der Waals surface area contributed by atoms with Crippen molar-refractivity contribution in [3.8, 4) is 17.1 Å². The molecule has 0 aliphatic heterocycles. The van der Waals surface area contributed by atoms with Crippen LogP contribution in [0.25, 0.3) is 70.3 Å². The zero-order chi connectivity index (χ0) is 29.5. The molecule has 4 aromatic carbocycles. The Bertz CT molecular complexity index is 2380. The third-order valence-electron chi connectivity index (χ3n) is 7.94. The summed E-state index contributed by atoms with van der Waals surface area (Å²) in [5.41, 5.74) is 7.47. The second-order valence-corrected chi connectivity index (χ2v) is 11.2. The van der Waals surface area contributed by atoms with Crippen LogP contribution in [0.15, 0.2) is 89.3 Å². The van der Waals surface area contributed by atoms with Gasteiger partial charge in [-0.2, -0.15) is 0 Å². The maximum Gasteiger partial charge on any atom is 0.227 e. The van der Waals surface area contributed by atoms with Gasteiger partial charge >= 0.3 is 0 Å². The molecule has 0 unspecified atom stereocenters. The van der Waals surface area contributed by atoms with Gasteiger partial charge in [-0.3, -0.25) is 4.57 Å². The van der Waals surface area contributed by atoms with Crippen molar-refractivity contribution in [1.29, 1.82) is 0 Å². The van der Waals surface area contributed by atoms with E-state index in [0.717, 1.165) is 46.0 Å². The maximum atomic E-state index is 7.83. The van der Waals surface area contributed by atoms with E-state index in [2.05, 4.69) is 65.9 Å². The molecule has 0 aliphatic carbocycles. The minimum Gasteiger partial charge on any atom is -0.437 e. The summed E-state index contributed by atoms with van der Waals surface area (Å²) in [6.45, 7) is 2.13. The predicted molar refractivity (Wildman–Crippen MR) is 168 cm³/mol. The summed E-state index contributed by atoms with van der Waals surface area (Å²) in [7, 11) is 0. The van der Waals surface area contributed by atoms with E-state index >= 15 is 0 Å². The number of pyridine rings is 1. The molecule has 8 rings (SSSR count). The Morgan fingerprint density at radius 2 is 1.68 bits per heavy atom. The SMILES string of the molecule is [2H]C([2H])([2H])c1ccc2c(n1)oc1c(-c3nc4ccccc4n3-c3c(CC)cc4c(sc5ccccc54)c3CC)cccc12. The van der Waals surface area contributed by atoms with Crippen molar-refractivity contribution in [1.82, 2.24) is 14.5 Å². The molecule has 0 spiro atoms. The second kappa shape index (κ2) is 8.77. The zero-order valence-electron chi connectivity index (χ0n) is 25.2. The molecule has 0 radical (unpaired) electrons. The molecule has 5 heteroatoms. The van der Waals surface area contributed by atoms with Crippen LogP contribution in [0.2, 0.25) is 0 Å². The molecule has 0 saturated heterocycles. The third-order valence-corrected chi connectivity index (χ3v) is 9.19. The summed E-state index contributed by atoms with van der Waals surface area (Å²) in [5.74, 6) is 0.784. The fraction of sp³-hybridized carbons (Fsp3) is 0.143. The Morgan fingerprint density at radius 1 is 0.825 bits per heavy atom. The number of fused-ring (bicyclic) bond motifs is 7. The summed E-state index contributed by atoms with van der Waals surface area (Å²) in [6, 6.07) is 28.6. The molecular weight excluding hydrogens is 510 g/mol. The largest absolute Gasteiger partial charge is 0.437 e. The predicted octanol–water partition coefficient (Wildman–Crippen LogP) is 9.79. The Labute approximate surface area is 239 Å². The standard InChI is InChI=1S/C35H27N3OS/c1-4-21-19-27-23-11-6-9-16-30(23)40-33(27)22(5-2)31(21)38-29-15-8-7-14-28(29)37-34(38)26-13-10-12-24-25-18-17-20(3)36-35(25)39-32(24)26/h6-19H,4-5H2,1-3H3/i3D3. The van der Waals surface area contributed by atoms with E-state index in [9.17, 15) is 0 Å². The fourth-order valence-corrected chi connectivity index (χ4v) is 7.44. The van der Waals surface area contributed by atoms with Crippen molar-refractivity contribution < 1.29 is 8.53 Å². The molecule has 0 atom stereocenters. The van der Waals surface area contributed by atoms with Crippen LogP contribution in [0.3, 0.4) is 0 Å². The number of hydrogen-bond donors (Lipinski definition) is 0. The molecule has 4 nitrogen and oxygen atoms in total. The lowest BCUT2D eigenvalue weighted by Crippen LogP contribution is -2.06. The van der Waals surface area contributed by atoms with Crippen molar-refractivity contribution >= 4 is 64.6 Å². The molecule has 0 amide bonds. The zero-order valence-corrected chi connectivity index (χ0v) is 23.0. The lowest BCUT2D eigenvalue weighted by molar-refractivity contribution is 0.653. The minimum absolute atomic E-state index is 0.0182. The lowest BCUT2D eigenvalue weighted by atomic mass is 9.98. The molecule has 4 heterocycles. The lowest BCUT2D eigenvalue weighted by Gasteiger charge is -2.19. The number of aromatic nitrogens is 3. The number of hydrogen-bond acceptors (Lipinski definition) is 4. The highest BCUT2D eigenvalue weighted by Gasteiger charge is 2.24. The summed E-state index contributed by atoms with van der Waals surface area (Å²) < 4.78 is 34.8. The number of aryl methyl sites for hydroxylation is 3. The first-order chi connectivity index (χ1) is 20.9. The van der Waals surface area contributed by atoms with Gasteiger partial charge < -0.3 is 4.42 Å². The number of para-hydroxylation sites is 3. The molecule has 8 aromatic rings. The van der Waals surface area contributed by atoms with Gasteiger partial charge in [0, 0.05) is 40.8 Å². The first-order valence-corrected chi connectivity index (χ1v) is 14.5. The van der Waals surface area contributed by atoms with Crippen molar-refractivity contribution in [2.45, 2.75) is 33.5 Å². The number of furan rings is 1. The van der Waals surface area contributed by atoms with Crippen LogP contribution in [0.4, 0.5) is 0 Å². The normalized spacial score (nSPS) is 13.5. The minimum atomic E-state index is -2.32. The molecule has 0 bridgehead atoms. The second-order valence-electron chi connectivity index (χ2n) is 10.1. The summed E-state index contributed by atoms with van der Waals surface area (Å²) in [6.07, 6.45) is 1.74. The average Bonchev–Trinajstić information content (AvgIpc) is 3.70. The average molecular weight is 541 g/mol. The number of nitrogens with zero attached hydrogens (tertiary/aromatic N) is 3. The molecular formula is C35H27N3OS. The molecule has 40 heavy (non-hydrogen) atoms. The van der Waals surface area contributed by atoms with Gasteiger partial charge in [0.25, 0.3) is 0 Å². The van der Waals surface area contributed by atoms with Gasteiger partial charge in [0.15, 0.2) is 0 Å². The van der Waals surface area contributed by atoms with Crippen molar-refractivity contribution in [3.63, 3.8) is 0 Å². The van der Waals surface area contributed by atoms with Crippen molar-refractivity contribution in [2.75, 3.05) is 0 Å². The number of thiophene rings is 1. The fourth-order valence-electron chi connectivity index (χ4n) is 6.14. The number of rotatable bonds is 4. The van der Waals surface area contributed by atoms with E-state index in [-0.39, 0.29) is 5.69 Å². The first-order valence-electron chi connectivity index (χ1n) is 15.1. The molecule has 4 aromatic heterocycles. The topological polar surface area (TPSA) is 43.9 Å². The van der Waals surface area contributed by atoms with Crippen LogP contribution in [-0.4, -0.2) is 14.5 Å². The molecule has 0 saturated carbocycles. The number of imidazole rings is 1. The van der Waals surface area contributed by atoms with Crippen LogP contribution in [-0.2, 0) is 12.8 Å². The highest BCUT2D eigenvalue weighted by molar-refractivity contribution is 7.26. The van der Waals surface area contributed by atoms with Crippen LogP contribution >= 0.6 is 11.3 Å². The van der Waals surface area contributed by atoms with Crippen LogP contribution in [0, 0.1) is 6.85 Å². The van der Waals surface area contributed by atoms with Gasteiger partial charge in [-0.05, 0) is 73.3 Å². The Balaban J connectivity index is 1.48. The quantitative estimate of drug-likeness (QED) is 0.223. The van der Waals surface area contributed by atoms with E-state index in [1.807, 2.05) is 41.7 Å². The van der Waals surface area contributed by atoms with Gasteiger partial charge in [0.1, 0.15) is 11.4 Å². The first kappa shape index (κ1) is 20.4. The molecule has 0 fully saturated rings. The van der Waals surface area contributed by atoms with E-state index in [1.54, 1.807) is 12.1 Å². The summed E-state index contributed by atoms with van der Waals surface area (Å²) in [5, 5.41) is 4.26. The van der Waals surface area contributed by atoms with E-state index in [4.69, 9.17) is 13.5 Å². The summed E-state index contributed by atoms with van der Waals surface area (Å²) in [4.78, 5) is 9.60. The van der Waals surface area contributed by atoms with Gasteiger partial charge in [0.05, 0.1) is 22.3 Å². The van der Waals surface area contributed by atoms with Gasteiger partial charge in [-0.25, -0.2) is 9.97 Å². The van der Waals surface area contributed by atoms with Crippen LogP contribution in [0.1, 0.15) is 34.8 Å². The smallest absolute Gasteiger partial charge is 0.227 e. The highest BCUT2D eigenvalue weighted by Crippen LogP contribution is 2.43. The maximum absolute atomic E-state index is 7.83. The monoisotopic (exact) mass is 540 g/mol. The Hall–Kier alpha value is -4.48. The van der Waals surface area contributed by atoms with Crippen molar-refractivity contribution in [2.24, 2.45) is 0 Å². The molecule has 194 valence electrons. The van der Waals surface area contributed by atoms with Crippen molar-refractivity contribution in [3.05, 3.63) is 102 Å². The van der Waals surface area contributed by atoms with E-state index < -0.39 is 6.85 Å². The Morgan fingerprint density at radius 3 is 2.55 bits per heavy atom. The molecule has 0 N–H and O–H groups in total. The van der Waals surface area contributed by atoms with Crippen LogP contribution in [0.5, 0.6) is 0 Å². The van der Waals surface area contributed by atoms with E-state index in [0.29, 0.717) is 11.3 Å². The molecule has 0 aliphatic rings. The summed E-state index contributed by atoms with van der Waals surface area (Å²) >= 11 is 1.85. The van der Waals surface area contributed by atoms with Gasteiger partial charge in [-0.1, -0.05) is 56.3 Å². The third kappa shape index (κ3) is 3.24. The van der Waals surface area contributed by atoms with Gasteiger partial charge in [-0.15, -0.1) is 11.3 Å². The van der Waals surface area contributed by atoms with Gasteiger partial charge in [0.2, 0.25) is 5.71 Å². The van der Waals surface area contributed by atoms with E-state index in [1.165, 1.54) is 37.0 Å². The van der Waals surface area contributed by atoms with Crippen LogP contribution < -0.4 is 0 Å². The Kier molecular flexibility index (Phi) is 4.48. The highest BCUT2D eigenvalue weighted by atomic mass is 32.1.